The fraction of sp³-hybridized carbons (Fsp3) is 0.214. The van der Waals surface area contributed by atoms with Gasteiger partial charge in [0.2, 0.25) is 0 Å². The van der Waals surface area contributed by atoms with Crippen LogP contribution in [0.3, 0.4) is 0 Å². The third-order valence-corrected chi connectivity index (χ3v) is 4.40. The Labute approximate surface area is 125 Å². The number of rotatable bonds is 4. The molecule has 0 unspecified atom stereocenters. The maximum Gasteiger partial charge on any atom is 0.124 e. The van der Waals surface area contributed by atoms with Gasteiger partial charge in [0.25, 0.3) is 0 Å². The molecule has 0 spiro atoms. The quantitative estimate of drug-likeness (QED) is 0.637. The molecule has 98 valence electrons. The number of nitrogens with zero attached hydrogens (tertiary/aromatic N) is 2. The van der Waals surface area contributed by atoms with E-state index in [0.717, 1.165) is 34.8 Å². The first kappa shape index (κ1) is 13.0. The lowest BCUT2D eigenvalue weighted by Crippen LogP contribution is -2.05. The second-order valence-corrected chi connectivity index (χ2v) is 5.76. The van der Waals surface area contributed by atoms with Gasteiger partial charge in [0.1, 0.15) is 5.82 Å². The molecule has 0 aliphatic rings. The van der Waals surface area contributed by atoms with Gasteiger partial charge in [0.15, 0.2) is 0 Å². The molecule has 0 saturated carbocycles. The van der Waals surface area contributed by atoms with Gasteiger partial charge >= 0.3 is 0 Å². The van der Waals surface area contributed by atoms with Crippen molar-refractivity contribution in [3.8, 4) is 0 Å². The van der Waals surface area contributed by atoms with E-state index in [2.05, 4.69) is 26.4 Å². The molecule has 0 atom stereocenters. The highest BCUT2D eigenvalue weighted by molar-refractivity contribution is 7.07. The van der Waals surface area contributed by atoms with Gasteiger partial charge in [-0.2, -0.15) is 11.3 Å². The SMILES string of the molecule is ClCc1nc2cccc(Cl)c2n1CCc1ccsc1. The van der Waals surface area contributed by atoms with E-state index in [1.165, 1.54) is 5.56 Å². The summed E-state index contributed by atoms with van der Waals surface area (Å²) in [7, 11) is 0. The molecular formula is C14H12Cl2N2S. The fourth-order valence-electron chi connectivity index (χ4n) is 2.21. The van der Waals surface area contributed by atoms with Gasteiger partial charge < -0.3 is 4.57 Å². The first-order chi connectivity index (χ1) is 9.29. The van der Waals surface area contributed by atoms with Crippen LogP contribution in [0.25, 0.3) is 11.0 Å². The molecule has 2 heterocycles. The van der Waals surface area contributed by atoms with Crippen LogP contribution in [0, 0.1) is 0 Å². The predicted octanol–water partition coefficient (Wildman–Crippen LogP) is 4.73. The van der Waals surface area contributed by atoms with E-state index in [9.17, 15) is 0 Å². The van der Waals surface area contributed by atoms with Crippen molar-refractivity contribution >= 4 is 45.6 Å². The summed E-state index contributed by atoms with van der Waals surface area (Å²) in [6.45, 7) is 0.846. The van der Waals surface area contributed by atoms with E-state index in [1.807, 2.05) is 18.2 Å². The molecule has 0 bridgehead atoms. The largest absolute Gasteiger partial charge is 0.325 e. The lowest BCUT2D eigenvalue weighted by atomic mass is 10.2. The van der Waals surface area contributed by atoms with Gasteiger partial charge in [0.05, 0.1) is 21.9 Å². The minimum absolute atomic E-state index is 0.397. The molecule has 2 aromatic heterocycles. The Hall–Kier alpha value is -1.03. The average molecular weight is 311 g/mol. The van der Waals surface area contributed by atoms with E-state index in [-0.39, 0.29) is 0 Å². The van der Waals surface area contributed by atoms with Gasteiger partial charge in [0, 0.05) is 6.54 Å². The summed E-state index contributed by atoms with van der Waals surface area (Å²) in [6.07, 6.45) is 0.962. The monoisotopic (exact) mass is 310 g/mol. The first-order valence-corrected chi connectivity index (χ1v) is 7.86. The molecule has 0 N–H and O–H groups in total. The number of hydrogen-bond donors (Lipinski definition) is 0. The number of para-hydroxylation sites is 1. The zero-order valence-electron chi connectivity index (χ0n) is 10.1. The molecule has 0 radical (unpaired) electrons. The van der Waals surface area contributed by atoms with Crippen molar-refractivity contribution in [1.29, 1.82) is 0 Å². The number of halogens is 2. The van der Waals surface area contributed by atoms with Crippen LogP contribution >= 0.6 is 34.5 Å². The van der Waals surface area contributed by atoms with E-state index in [0.29, 0.717) is 5.88 Å². The van der Waals surface area contributed by atoms with Crippen molar-refractivity contribution in [2.45, 2.75) is 18.8 Å². The molecule has 0 aliphatic carbocycles. The van der Waals surface area contributed by atoms with E-state index in [4.69, 9.17) is 23.2 Å². The summed E-state index contributed by atoms with van der Waals surface area (Å²) in [4.78, 5) is 4.54. The van der Waals surface area contributed by atoms with Crippen molar-refractivity contribution in [2.75, 3.05) is 0 Å². The highest BCUT2D eigenvalue weighted by Crippen LogP contribution is 2.25. The summed E-state index contributed by atoms with van der Waals surface area (Å²) >= 11 is 14.0. The lowest BCUT2D eigenvalue weighted by molar-refractivity contribution is 0.689. The van der Waals surface area contributed by atoms with Crippen molar-refractivity contribution in [3.63, 3.8) is 0 Å². The summed E-state index contributed by atoms with van der Waals surface area (Å²) < 4.78 is 2.13. The maximum atomic E-state index is 6.29. The lowest BCUT2D eigenvalue weighted by Gasteiger charge is -2.07. The third-order valence-electron chi connectivity index (χ3n) is 3.12. The van der Waals surface area contributed by atoms with E-state index >= 15 is 0 Å². The van der Waals surface area contributed by atoms with Gasteiger partial charge in [-0.15, -0.1) is 11.6 Å². The Balaban J connectivity index is 2.00. The van der Waals surface area contributed by atoms with Crippen LogP contribution in [0.2, 0.25) is 5.02 Å². The summed E-state index contributed by atoms with van der Waals surface area (Å²) in [6, 6.07) is 7.92. The molecule has 2 nitrogen and oxygen atoms in total. The van der Waals surface area contributed by atoms with Gasteiger partial charge in [-0.05, 0) is 40.9 Å². The Morgan fingerprint density at radius 3 is 2.89 bits per heavy atom. The van der Waals surface area contributed by atoms with Crippen LogP contribution in [0.5, 0.6) is 0 Å². The second kappa shape index (κ2) is 5.53. The smallest absolute Gasteiger partial charge is 0.124 e. The van der Waals surface area contributed by atoms with E-state index < -0.39 is 0 Å². The van der Waals surface area contributed by atoms with Gasteiger partial charge in [-0.1, -0.05) is 17.7 Å². The third kappa shape index (κ3) is 2.50. The average Bonchev–Trinajstić information content (AvgIpc) is 3.03. The second-order valence-electron chi connectivity index (χ2n) is 4.30. The van der Waals surface area contributed by atoms with Gasteiger partial charge in [-0.25, -0.2) is 4.98 Å². The standard InChI is InChI=1S/C14H12Cl2N2S/c15-8-13-17-12-3-1-2-11(16)14(12)18(13)6-4-10-5-7-19-9-10/h1-3,5,7,9H,4,6,8H2. The van der Waals surface area contributed by atoms with Crippen LogP contribution in [-0.4, -0.2) is 9.55 Å². The Morgan fingerprint density at radius 1 is 1.26 bits per heavy atom. The minimum atomic E-state index is 0.397. The van der Waals surface area contributed by atoms with Crippen LogP contribution in [0.1, 0.15) is 11.4 Å². The molecule has 0 amide bonds. The van der Waals surface area contributed by atoms with Crippen LogP contribution in [0.15, 0.2) is 35.0 Å². The number of alkyl halides is 1. The van der Waals surface area contributed by atoms with Crippen molar-refractivity contribution in [3.05, 3.63) is 51.4 Å². The number of imidazole rings is 1. The maximum absolute atomic E-state index is 6.29. The van der Waals surface area contributed by atoms with Crippen LogP contribution < -0.4 is 0 Å². The summed E-state index contributed by atoms with van der Waals surface area (Å²) in [5, 5.41) is 4.99. The first-order valence-electron chi connectivity index (χ1n) is 6.00. The number of benzene rings is 1. The molecule has 5 heteroatoms. The number of thiophene rings is 1. The molecule has 0 aliphatic heterocycles. The van der Waals surface area contributed by atoms with Crippen LogP contribution in [0.4, 0.5) is 0 Å². The number of hydrogen-bond acceptors (Lipinski definition) is 2. The van der Waals surface area contributed by atoms with Gasteiger partial charge in [-0.3, -0.25) is 0 Å². The molecule has 19 heavy (non-hydrogen) atoms. The fourth-order valence-corrected chi connectivity index (χ4v) is 3.39. The highest BCUT2D eigenvalue weighted by atomic mass is 35.5. The number of aromatic nitrogens is 2. The van der Waals surface area contributed by atoms with Crippen molar-refractivity contribution in [1.82, 2.24) is 9.55 Å². The zero-order valence-corrected chi connectivity index (χ0v) is 12.5. The normalized spacial score (nSPS) is 11.3. The number of aryl methyl sites for hydroxylation is 2. The summed E-state index contributed by atoms with van der Waals surface area (Å²) in [5.74, 6) is 1.27. The Kier molecular flexibility index (Phi) is 3.78. The summed E-state index contributed by atoms with van der Waals surface area (Å²) in [5.41, 5.74) is 3.22. The van der Waals surface area contributed by atoms with Crippen molar-refractivity contribution in [2.24, 2.45) is 0 Å². The molecule has 0 saturated heterocycles. The van der Waals surface area contributed by atoms with E-state index in [1.54, 1.807) is 11.3 Å². The molecule has 1 aromatic carbocycles. The number of fused-ring (bicyclic) bond motifs is 1. The molecule has 3 rings (SSSR count). The molecule has 0 fully saturated rings. The predicted molar refractivity (Wildman–Crippen MR) is 82.3 cm³/mol. The minimum Gasteiger partial charge on any atom is -0.325 e. The topological polar surface area (TPSA) is 17.8 Å². The highest BCUT2D eigenvalue weighted by Gasteiger charge is 2.12. The molecule has 3 aromatic rings. The molecular weight excluding hydrogens is 299 g/mol. The van der Waals surface area contributed by atoms with Crippen LogP contribution in [-0.2, 0) is 18.8 Å². The Morgan fingerprint density at radius 2 is 2.16 bits per heavy atom. The Bertz CT molecular complexity index is 689. The zero-order chi connectivity index (χ0) is 13.2. The van der Waals surface area contributed by atoms with Crippen molar-refractivity contribution < 1.29 is 0 Å².